The van der Waals surface area contributed by atoms with Crippen LogP contribution in [-0.4, -0.2) is 25.1 Å². The topological polar surface area (TPSA) is 21.7 Å². The molecule has 0 radical (unpaired) electrons. The molecular formula is C26H30NO2P. The molecule has 1 heterocycles. The predicted octanol–water partition coefficient (Wildman–Crippen LogP) is 4.89. The number of hydrogen-bond donors (Lipinski definition) is 0. The van der Waals surface area contributed by atoms with E-state index >= 15 is 0 Å². The number of nitrogens with zero attached hydrogens (tertiary/aromatic N) is 1. The van der Waals surface area contributed by atoms with E-state index in [1.165, 1.54) is 48.5 Å². The highest BCUT2D eigenvalue weighted by atomic mass is 31.1. The summed E-state index contributed by atoms with van der Waals surface area (Å²) in [5.41, 5.74) is 2.58. The highest BCUT2D eigenvalue weighted by Crippen LogP contribution is 2.31. The van der Waals surface area contributed by atoms with Gasteiger partial charge in [0, 0.05) is 11.8 Å². The van der Waals surface area contributed by atoms with Gasteiger partial charge in [0.1, 0.15) is 6.61 Å². The minimum absolute atomic E-state index is 0.531. The lowest BCUT2D eigenvalue weighted by molar-refractivity contribution is 0.221. The summed E-state index contributed by atoms with van der Waals surface area (Å²) in [7, 11) is 2.24. The van der Waals surface area contributed by atoms with Crippen molar-refractivity contribution in [3.05, 3.63) is 83.9 Å². The number of para-hydroxylation sites is 1. The minimum atomic E-state index is 0.531. The summed E-state index contributed by atoms with van der Waals surface area (Å²) in [4.78, 5) is 2.59. The van der Waals surface area contributed by atoms with Crippen LogP contribution < -0.4 is 20.1 Å². The maximum Gasteiger partial charge on any atom is 0.169 e. The molecule has 0 aliphatic carbocycles. The van der Waals surface area contributed by atoms with Crippen LogP contribution in [0.2, 0.25) is 0 Å². The molecule has 1 aliphatic heterocycles. The number of rotatable bonds is 8. The van der Waals surface area contributed by atoms with Crippen LogP contribution in [0.25, 0.3) is 0 Å². The van der Waals surface area contributed by atoms with Crippen LogP contribution in [0.4, 0.5) is 0 Å². The summed E-state index contributed by atoms with van der Waals surface area (Å²) in [5, 5.41) is 2.58. The first-order valence-corrected chi connectivity index (χ1v) is 11.7. The summed E-state index contributed by atoms with van der Waals surface area (Å²) in [6.45, 7) is 3.99. The Morgan fingerprint density at radius 2 is 1.53 bits per heavy atom. The average molecular weight is 420 g/mol. The Kier molecular flexibility index (Phi) is 7.39. The summed E-state index contributed by atoms with van der Waals surface area (Å²) in [6, 6.07) is 25.3. The van der Waals surface area contributed by atoms with Crippen LogP contribution >= 0.6 is 8.58 Å². The van der Waals surface area contributed by atoms with Gasteiger partial charge >= 0.3 is 0 Å². The molecule has 4 heteroatoms. The smallest absolute Gasteiger partial charge is 0.169 e. The second-order valence-electron chi connectivity index (χ2n) is 7.73. The van der Waals surface area contributed by atoms with Crippen molar-refractivity contribution in [1.29, 1.82) is 0 Å². The Balaban J connectivity index is 1.55. The van der Waals surface area contributed by atoms with Gasteiger partial charge in [-0.25, -0.2) is 0 Å². The highest BCUT2D eigenvalue weighted by Gasteiger charge is 2.16. The summed E-state index contributed by atoms with van der Waals surface area (Å²) in [6.07, 6.45) is 4.00. The summed E-state index contributed by atoms with van der Waals surface area (Å²) in [5.74, 6) is 1.65. The van der Waals surface area contributed by atoms with E-state index in [9.17, 15) is 0 Å². The van der Waals surface area contributed by atoms with E-state index < -0.39 is 0 Å². The van der Waals surface area contributed by atoms with Gasteiger partial charge in [0.25, 0.3) is 0 Å². The molecule has 3 nitrogen and oxygen atoms in total. The number of methoxy groups -OCH3 is 1. The molecule has 1 fully saturated rings. The van der Waals surface area contributed by atoms with Gasteiger partial charge in [-0.15, -0.1) is 0 Å². The van der Waals surface area contributed by atoms with E-state index in [1.54, 1.807) is 7.11 Å². The number of hydrogen-bond acceptors (Lipinski definition) is 3. The third kappa shape index (κ3) is 5.41. The van der Waals surface area contributed by atoms with Gasteiger partial charge in [0.2, 0.25) is 0 Å². The molecule has 0 N–H and O–H groups in total. The van der Waals surface area contributed by atoms with Crippen LogP contribution in [0.5, 0.6) is 11.5 Å². The zero-order valence-corrected chi connectivity index (χ0v) is 18.6. The van der Waals surface area contributed by atoms with E-state index in [0.717, 1.165) is 23.6 Å². The molecule has 1 atom stereocenters. The van der Waals surface area contributed by atoms with Gasteiger partial charge in [-0.2, -0.15) is 0 Å². The van der Waals surface area contributed by atoms with Crippen molar-refractivity contribution in [3.8, 4) is 11.5 Å². The Labute approximate surface area is 181 Å². The van der Waals surface area contributed by atoms with Crippen molar-refractivity contribution in [2.24, 2.45) is 0 Å². The molecule has 0 bridgehead atoms. The molecule has 1 unspecified atom stereocenters. The van der Waals surface area contributed by atoms with Crippen LogP contribution in [0.3, 0.4) is 0 Å². The second kappa shape index (κ2) is 10.6. The molecule has 3 aromatic rings. The van der Waals surface area contributed by atoms with Crippen molar-refractivity contribution in [2.45, 2.75) is 32.4 Å². The van der Waals surface area contributed by atoms with Crippen molar-refractivity contribution in [1.82, 2.24) is 4.90 Å². The van der Waals surface area contributed by atoms with Gasteiger partial charge in [0.05, 0.1) is 7.11 Å². The van der Waals surface area contributed by atoms with E-state index in [2.05, 4.69) is 53.4 Å². The molecule has 30 heavy (non-hydrogen) atoms. The fourth-order valence-corrected chi connectivity index (χ4v) is 5.22. The standard InChI is InChI=1S/C26H30NO2P/c1-28-23-14-10-16-25(26(23)29-20-21-11-4-2-5-12-21)30-24-15-7-6-13-22(24)19-27-17-8-3-9-18-27/h2,4-7,10-16,30H,3,8-9,17-20H2,1H3. The first-order chi connectivity index (χ1) is 14.8. The fourth-order valence-electron chi connectivity index (χ4n) is 3.94. The lowest BCUT2D eigenvalue weighted by atomic mass is 10.1. The van der Waals surface area contributed by atoms with Crippen molar-refractivity contribution < 1.29 is 9.47 Å². The van der Waals surface area contributed by atoms with Crippen molar-refractivity contribution in [2.75, 3.05) is 20.2 Å². The second-order valence-corrected chi connectivity index (χ2v) is 9.06. The predicted molar refractivity (Wildman–Crippen MR) is 127 cm³/mol. The zero-order valence-electron chi connectivity index (χ0n) is 17.6. The molecular weight excluding hydrogens is 389 g/mol. The van der Waals surface area contributed by atoms with Crippen LogP contribution in [0, 0.1) is 0 Å². The van der Waals surface area contributed by atoms with Crippen molar-refractivity contribution >= 4 is 19.2 Å². The maximum absolute atomic E-state index is 6.28. The monoisotopic (exact) mass is 419 g/mol. The lowest BCUT2D eigenvalue weighted by Gasteiger charge is -2.27. The molecule has 3 aromatic carbocycles. The molecule has 156 valence electrons. The van der Waals surface area contributed by atoms with Crippen molar-refractivity contribution in [3.63, 3.8) is 0 Å². The molecule has 0 amide bonds. The Bertz CT molecular complexity index is 939. The third-order valence-corrected chi connectivity index (χ3v) is 6.97. The molecule has 0 aromatic heterocycles. The van der Waals surface area contributed by atoms with Gasteiger partial charge in [-0.1, -0.05) is 81.7 Å². The third-order valence-electron chi connectivity index (χ3n) is 5.55. The van der Waals surface area contributed by atoms with Crippen LogP contribution in [0.1, 0.15) is 30.4 Å². The van der Waals surface area contributed by atoms with Gasteiger partial charge < -0.3 is 9.47 Å². The van der Waals surface area contributed by atoms with Crippen LogP contribution in [-0.2, 0) is 13.2 Å². The minimum Gasteiger partial charge on any atom is -0.493 e. The largest absolute Gasteiger partial charge is 0.493 e. The summed E-state index contributed by atoms with van der Waals surface area (Å²) < 4.78 is 11.9. The first-order valence-electron chi connectivity index (χ1n) is 10.7. The fraction of sp³-hybridized carbons (Fsp3) is 0.308. The lowest BCUT2D eigenvalue weighted by Crippen LogP contribution is -2.30. The molecule has 0 spiro atoms. The number of piperidine rings is 1. The van der Waals surface area contributed by atoms with E-state index in [-0.39, 0.29) is 0 Å². The molecule has 0 saturated carbocycles. The quantitative estimate of drug-likeness (QED) is 0.486. The number of benzene rings is 3. The maximum atomic E-state index is 6.28. The molecule has 1 aliphatic rings. The Hall–Kier alpha value is -2.35. The molecule has 1 saturated heterocycles. The van der Waals surface area contributed by atoms with E-state index in [1.807, 2.05) is 24.3 Å². The number of ether oxygens (including phenoxy) is 2. The number of likely N-dealkylation sites (tertiary alicyclic amines) is 1. The molecule has 4 rings (SSSR count). The summed E-state index contributed by atoms with van der Waals surface area (Å²) >= 11 is 0. The van der Waals surface area contributed by atoms with Crippen LogP contribution in [0.15, 0.2) is 72.8 Å². The average Bonchev–Trinajstić information content (AvgIpc) is 2.80. The van der Waals surface area contributed by atoms with E-state index in [0.29, 0.717) is 15.2 Å². The van der Waals surface area contributed by atoms with E-state index in [4.69, 9.17) is 9.47 Å². The van der Waals surface area contributed by atoms with Gasteiger partial charge in [0.15, 0.2) is 11.5 Å². The Morgan fingerprint density at radius 1 is 0.800 bits per heavy atom. The van der Waals surface area contributed by atoms with Gasteiger partial charge in [-0.3, -0.25) is 4.90 Å². The first kappa shape index (κ1) is 20.9. The Morgan fingerprint density at radius 3 is 2.33 bits per heavy atom. The zero-order chi connectivity index (χ0) is 20.6. The SMILES string of the molecule is COc1cccc(Pc2ccccc2CN2CCCCC2)c1OCc1ccccc1. The van der Waals surface area contributed by atoms with Gasteiger partial charge in [-0.05, 0) is 48.4 Å². The highest BCUT2D eigenvalue weighted by molar-refractivity contribution is 7.55. The normalized spacial score (nSPS) is 14.8.